The van der Waals surface area contributed by atoms with Crippen molar-refractivity contribution < 1.29 is 4.74 Å². The zero-order valence-electron chi connectivity index (χ0n) is 14.1. The molecule has 0 bridgehead atoms. The summed E-state index contributed by atoms with van der Waals surface area (Å²) in [6, 6.07) is 20.0. The monoisotopic (exact) mass is 330 g/mol. The Morgan fingerprint density at radius 3 is 2.48 bits per heavy atom. The Kier molecular flexibility index (Phi) is 3.82. The SMILES string of the molecule is COc1ccc(-c2cc3c(cn2)nc(Nc2ccccc2)n3C)cc1. The van der Waals surface area contributed by atoms with Crippen LogP contribution in [0, 0.1) is 0 Å². The van der Waals surface area contributed by atoms with Gasteiger partial charge >= 0.3 is 0 Å². The van der Waals surface area contributed by atoms with Crippen LogP contribution in [0.5, 0.6) is 5.75 Å². The van der Waals surface area contributed by atoms with Gasteiger partial charge in [0.2, 0.25) is 5.95 Å². The quantitative estimate of drug-likeness (QED) is 0.603. The van der Waals surface area contributed by atoms with Crippen molar-refractivity contribution in [3.63, 3.8) is 0 Å². The molecule has 1 N–H and O–H groups in total. The highest BCUT2D eigenvalue weighted by Crippen LogP contribution is 2.26. The number of para-hydroxylation sites is 1. The van der Waals surface area contributed by atoms with Crippen LogP contribution in [0.15, 0.2) is 66.9 Å². The van der Waals surface area contributed by atoms with E-state index >= 15 is 0 Å². The van der Waals surface area contributed by atoms with Gasteiger partial charge in [-0.1, -0.05) is 18.2 Å². The third-order valence-corrected chi connectivity index (χ3v) is 4.18. The fraction of sp³-hybridized carbons (Fsp3) is 0.100. The molecule has 4 rings (SSSR count). The molecule has 25 heavy (non-hydrogen) atoms. The maximum absolute atomic E-state index is 5.21. The van der Waals surface area contributed by atoms with Gasteiger partial charge in [-0.2, -0.15) is 0 Å². The van der Waals surface area contributed by atoms with Crippen molar-refractivity contribution in [2.75, 3.05) is 12.4 Å². The van der Waals surface area contributed by atoms with Gasteiger partial charge in [-0.15, -0.1) is 0 Å². The number of ether oxygens (including phenoxy) is 1. The van der Waals surface area contributed by atoms with Crippen LogP contribution < -0.4 is 10.1 Å². The van der Waals surface area contributed by atoms with Gasteiger partial charge in [0.1, 0.15) is 11.3 Å². The van der Waals surface area contributed by atoms with E-state index in [0.29, 0.717) is 0 Å². The molecule has 0 amide bonds. The highest BCUT2D eigenvalue weighted by molar-refractivity contribution is 5.82. The van der Waals surface area contributed by atoms with E-state index in [-0.39, 0.29) is 0 Å². The number of pyridine rings is 1. The number of aromatic nitrogens is 3. The average Bonchev–Trinajstić information content (AvgIpc) is 2.98. The highest BCUT2D eigenvalue weighted by atomic mass is 16.5. The summed E-state index contributed by atoms with van der Waals surface area (Å²) in [6.45, 7) is 0. The molecule has 124 valence electrons. The number of imidazole rings is 1. The van der Waals surface area contributed by atoms with Gasteiger partial charge in [-0.3, -0.25) is 4.98 Å². The summed E-state index contributed by atoms with van der Waals surface area (Å²) in [6.07, 6.45) is 1.81. The Balaban J connectivity index is 1.71. The number of hydrogen-bond donors (Lipinski definition) is 1. The zero-order chi connectivity index (χ0) is 17.2. The van der Waals surface area contributed by atoms with Crippen LogP contribution in [0.25, 0.3) is 22.3 Å². The molecule has 0 aliphatic rings. The van der Waals surface area contributed by atoms with E-state index in [9.17, 15) is 0 Å². The molecule has 4 aromatic rings. The molecule has 5 nitrogen and oxygen atoms in total. The largest absolute Gasteiger partial charge is 0.497 e. The van der Waals surface area contributed by atoms with E-state index in [1.165, 1.54) is 0 Å². The molecule has 0 aliphatic carbocycles. The third kappa shape index (κ3) is 2.92. The lowest BCUT2D eigenvalue weighted by Gasteiger charge is -2.06. The van der Waals surface area contributed by atoms with Crippen molar-refractivity contribution in [3.8, 4) is 17.0 Å². The normalized spacial score (nSPS) is 10.8. The van der Waals surface area contributed by atoms with E-state index in [1.54, 1.807) is 7.11 Å². The Morgan fingerprint density at radius 2 is 1.76 bits per heavy atom. The third-order valence-electron chi connectivity index (χ3n) is 4.18. The molecule has 0 atom stereocenters. The molecule has 0 saturated carbocycles. The van der Waals surface area contributed by atoms with E-state index < -0.39 is 0 Å². The number of fused-ring (bicyclic) bond motifs is 1. The van der Waals surface area contributed by atoms with Crippen molar-refractivity contribution in [1.82, 2.24) is 14.5 Å². The fourth-order valence-corrected chi connectivity index (χ4v) is 2.78. The lowest BCUT2D eigenvalue weighted by atomic mass is 10.1. The number of aryl methyl sites for hydroxylation is 1. The average molecular weight is 330 g/mol. The van der Waals surface area contributed by atoms with Crippen molar-refractivity contribution in [2.24, 2.45) is 7.05 Å². The second-order valence-electron chi connectivity index (χ2n) is 5.77. The van der Waals surface area contributed by atoms with Gasteiger partial charge in [0.25, 0.3) is 0 Å². The summed E-state index contributed by atoms with van der Waals surface area (Å²) in [5, 5.41) is 3.34. The molecule has 0 fully saturated rings. The summed E-state index contributed by atoms with van der Waals surface area (Å²) in [5.41, 5.74) is 4.84. The summed E-state index contributed by atoms with van der Waals surface area (Å²) in [5.74, 6) is 1.62. The van der Waals surface area contributed by atoms with Crippen LogP contribution in [-0.4, -0.2) is 21.6 Å². The van der Waals surface area contributed by atoms with Crippen LogP contribution >= 0.6 is 0 Å². The first-order valence-corrected chi connectivity index (χ1v) is 8.03. The molecule has 0 aliphatic heterocycles. The number of methoxy groups -OCH3 is 1. The zero-order valence-corrected chi connectivity index (χ0v) is 14.1. The fourth-order valence-electron chi connectivity index (χ4n) is 2.78. The Morgan fingerprint density at radius 1 is 1.00 bits per heavy atom. The highest BCUT2D eigenvalue weighted by Gasteiger charge is 2.10. The number of rotatable bonds is 4. The Hall–Kier alpha value is -3.34. The van der Waals surface area contributed by atoms with Crippen molar-refractivity contribution in [1.29, 1.82) is 0 Å². The summed E-state index contributed by atoms with van der Waals surface area (Å²) in [7, 11) is 3.66. The lowest BCUT2D eigenvalue weighted by Crippen LogP contribution is -1.98. The minimum absolute atomic E-state index is 0.787. The maximum Gasteiger partial charge on any atom is 0.208 e. The summed E-state index contributed by atoms with van der Waals surface area (Å²) < 4.78 is 7.25. The minimum atomic E-state index is 0.787. The van der Waals surface area contributed by atoms with Gasteiger partial charge in [0, 0.05) is 18.3 Å². The van der Waals surface area contributed by atoms with Crippen LogP contribution in [0.3, 0.4) is 0 Å². The van der Waals surface area contributed by atoms with Gasteiger partial charge < -0.3 is 14.6 Å². The molecule has 0 saturated heterocycles. The van der Waals surface area contributed by atoms with Gasteiger partial charge in [0.15, 0.2) is 0 Å². The first kappa shape index (κ1) is 15.2. The lowest BCUT2D eigenvalue weighted by molar-refractivity contribution is 0.415. The molecule has 2 aromatic carbocycles. The molecular weight excluding hydrogens is 312 g/mol. The number of benzene rings is 2. The van der Waals surface area contributed by atoms with Crippen LogP contribution in [0.2, 0.25) is 0 Å². The Labute approximate surface area is 145 Å². The molecule has 0 spiro atoms. The Bertz CT molecular complexity index is 1010. The standard InChI is InChI=1S/C20H18N4O/c1-24-19-12-17(14-8-10-16(25-2)11-9-14)21-13-18(19)23-20(24)22-15-6-4-3-5-7-15/h3-13H,1-2H3,(H,22,23). The molecule has 2 heterocycles. The first-order chi connectivity index (χ1) is 12.2. The van der Waals surface area contributed by atoms with Gasteiger partial charge in [-0.25, -0.2) is 4.98 Å². The van der Waals surface area contributed by atoms with Crippen molar-refractivity contribution in [2.45, 2.75) is 0 Å². The van der Waals surface area contributed by atoms with Gasteiger partial charge in [-0.05, 0) is 42.5 Å². The number of nitrogens with one attached hydrogen (secondary N) is 1. The molecule has 0 unspecified atom stereocenters. The number of hydrogen-bond acceptors (Lipinski definition) is 4. The summed E-state index contributed by atoms with van der Waals surface area (Å²) >= 11 is 0. The molecule has 2 aromatic heterocycles. The predicted molar refractivity (Wildman–Crippen MR) is 100 cm³/mol. The minimum Gasteiger partial charge on any atom is -0.497 e. The van der Waals surface area contributed by atoms with E-state index in [1.807, 2.05) is 72.4 Å². The topological polar surface area (TPSA) is 52.0 Å². The van der Waals surface area contributed by atoms with Crippen LogP contribution in [-0.2, 0) is 7.05 Å². The maximum atomic E-state index is 5.21. The second kappa shape index (κ2) is 6.28. The first-order valence-electron chi connectivity index (χ1n) is 8.03. The molecule has 0 radical (unpaired) electrons. The van der Waals surface area contributed by atoms with Crippen LogP contribution in [0.1, 0.15) is 0 Å². The number of nitrogens with zero attached hydrogens (tertiary/aromatic N) is 3. The van der Waals surface area contributed by atoms with Crippen LogP contribution in [0.4, 0.5) is 11.6 Å². The van der Waals surface area contributed by atoms with Crippen molar-refractivity contribution >= 4 is 22.7 Å². The van der Waals surface area contributed by atoms with E-state index in [4.69, 9.17) is 4.74 Å². The van der Waals surface area contributed by atoms with Crippen molar-refractivity contribution in [3.05, 3.63) is 66.9 Å². The van der Waals surface area contributed by atoms with Gasteiger partial charge in [0.05, 0.1) is 24.5 Å². The predicted octanol–water partition coefficient (Wildman–Crippen LogP) is 4.39. The smallest absolute Gasteiger partial charge is 0.208 e. The van der Waals surface area contributed by atoms with E-state index in [0.717, 1.165) is 39.7 Å². The molecule has 5 heteroatoms. The number of anilines is 2. The second-order valence-corrected chi connectivity index (χ2v) is 5.77. The van der Waals surface area contributed by atoms with E-state index in [2.05, 4.69) is 21.4 Å². The molecular formula is C20H18N4O. The summed E-state index contributed by atoms with van der Waals surface area (Å²) in [4.78, 5) is 9.19.